The molecule has 0 spiro atoms. The second-order valence-electron chi connectivity index (χ2n) is 7.62. The zero-order valence-electron chi connectivity index (χ0n) is 15.7. The predicted molar refractivity (Wildman–Crippen MR) is 103 cm³/mol. The van der Waals surface area contributed by atoms with Crippen LogP contribution in [0.15, 0.2) is 36.4 Å². The third-order valence-electron chi connectivity index (χ3n) is 4.22. The molecule has 3 rings (SSSR count). The normalized spacial score (nSPS) is 13.9. The molecule has 144 valence electrons. The first-order chi connectivity index (χ1) is 12.7. The number of carbonyl (C=O) groups is 1. The highest BCUT2D eigenvalue weighted by molar-refractivity contribution is 6.30. The molecule has 1 amide bonds. The van der Waals surface area contributed by atoms with Gasteiger partial charge in [-0.3, -0.25) is 0 Å². The first-order valence-electron chi connectivity index (χ1n) is 8.88. The lowest BCUT2D eigenvalue weighted by molar-refractivity contribution is 0.0224. The van der Waals surface area contributed by atoms with Gasteiger partial charge in [-0.25, -0.2) is 9.18 Å². The molecule has 0 bridgehead atoms. The van der Waals surface area contributed by atoms with Crippen LogP contribution in [0.2, 0.25) is 5.02 Å². The molecule has 0 atom stereocenters. The Kier molecular flexibility index (Phi) is 5.61. The number of halogens is 2. The van der Waals surface area contributed by atoms with E-state index in [0.717, 1.165) is 17.5 Å². The minimum atomic E-state index is -0.518. The van der Waals surface area contributed by atoms with Crippen LogP contribution in [0, 0.1) is 5.82 Å². The lowest BCUT2D eigenvalue weighted by Gasteiger charge is -2.31. The molecule has 0 saturated heterocycles. The Morgan fingerprint density at radius 3 is 2.67 bits per heavy atom. The Morgan fingerprint density at radius 1 is 1.19 bits per heavy atom. The van der Waals surface area contributed by atoms with Gasteiger partial charge in [0.15, 0.2) is 11.6 Å². The molecule has 2 aromatic carbocycles. The van der Waals surface area contributed by atoms with Gasteiger partial charge in [-0.05, 0) is 62.1 Å². The number of nitrogens with zero attached hydrogens (tertiary/aromatic N) is 1. The average Bonchev–Trinajstić information content (AvgIpc) is 2.59. The van der Waals surface area contributed by atoms with E-state index in [4.69, 9.17) is 21.1 Å². The molecule has 0 radical (unpaired) electrons. The SMILES string of the molecule is CC(C)(C)OC(=O)N1CCc2ccc(COc3ccc(Cl)cc3F)cc2C1. The monoisotopic (exact) mass is 391 g/mol. The van der Waals surface area contributed by atoms with Gasteiger partial charge in [0.05, 0.1) is 0 Å². The van der Waals surface area contributed by atoms with Crippen LogP contribution in [0.25, 0.3) is 0 Å². The van der Waals surface area contributed by atoms with Gasteiger partial charge in [-0.2, -0.15) is 0 Å². The van der Waals surface area contributed by atoms with Crippen LogP contribution in [-0.2, 0) is 24.3 Å². The number of ether oxygens (including phenoxy) is 2. The summed E-state index contributed by atoms with van der Waals surface area (Å²) in [5.74, 6) is -0.330. The molecule has 0 aliphatic carbocycles. The van der Waals surface area contributed by atoms with Gasteiger partial charge in [-0.1, -0.05) is 29.8 Å². The highest BCUT2D eigenvalue weighted by Gasteiger charge is 2.25. The molecule has 0 saturated carbocycles. The van der Waals surface area contributed by atoms with Crippen LogP contribution >= 0.6 is 11.6 Å². The van der Waals surface area contributed by atoms with Crippen molar-refractivity contribution in [2.75, 3.05) is 6.54 Å². The van der Waals surface area contributed by atoms with Crippen molar-refractivity contribution in [3.05, 3.63) is 63.9 Å². The van der Waals surface area contributed by atoms with E-state index in [9.17, 15) is 9.18 Å². The van der Waals surface area contributed by atoms with Gasteiger partial charge in [0.25, 0.3) is 0 Å². The molecular weight excluding hydrogens is 369 g/mol. The molecule has 6 heteroatoms. The molecule has 0 unspecified atom stereocenters. The summed E-state index contributed by atoms with van der Waals surface area (Å²) in [6, 6.07) is 10.3. The fourth-order valence-electron chi connectivity index (χ4n) is 2.94. The van der Waals surface area contributed by atoms with Crippen LogP contribution in [0.4, 0.5) is 9.18 Å². The topological polar surface area (TPSA) is 38.8 Å². The third kappa shape index (κ3) is 5.13. The van der Waals surface area contributed by atoms with E-state index < -0.39 is 11.4 Å². The molecule has 0 N–H and O–H groups in total. The fourth-order valence-corrected chi connectivity index (χ4v) is 3.09. The van der Waals surface area contributed by atoms with Gasteiger partial charge in [0.2, 0.25) is 0 Å². The molecule has 1 heterocycles. The van der Waals surface area contributed by atoms with E-state index in [1.165, 1.54) is 17.7 Å². The van der Waals surface area contributed by atoms with Crippen LogP contribution < -0.4 is 4.74 Å². The first kappa shape index (κ1) is 19.5. The Bertz CT molecular complexity index is 848. The van der Waals surface area contributed by atoms with Gasteiger partial charge in [0.1, 0.15) is 12.2 Å². The molecular formula is C21H23ClFNO3. The van der Waals surface area contributed by atoms with E-state index >= 15 is 0 Å². The molecule has 1 aliphatic heterocycles. The quantitative estimate of drug-likeness (QED) is 0.707. The summed E-state index contributed by atoms with van der Waals surface area (Å²) < 4.78 is 24.9. The lowest BCUT2D eigenvalue weighted by Crippen LogP contribution is -2.39. The largest absolute Gasteiger partial charge is 0.486 e. The van der Waals surface area contributed by atoms with Crippen molar-refractivity contribution in [2.24, 2.45) is 0 Å². The predicted octanol–water partition coefficient (Wildman–Crippen LogP) is 5.35. The van der Waals surface area contributed by atoms with Crippen LogP contribution in [0.3, 0.4) is 0 Å². The lowest BCUT2D eigenvalue weighted by atomic mass is 9.98. The number of benzene rings is 2. The summed E-state index contributed by atoms with van der Waals surface area (Å²) in [5, 5.41) is 0.330. The number of hydrogen-bond acceptors (Lipinski definition) is 3. The Balaban J connectivity index is 1.67. The maximum absolute atomic E-state index is 13.8. The van der Waals surface area contributed by atoms with Gasteiger partial charge in [-0.15, -0.1) is 0 Å². The summed E-state index contributed by atoms with van der Waals surface area (Å²) in [6.45, 7) is 6.93. The number of rotatable bonds is 3. The fraction of sp³-hybridized carbons (Fsp3) is 0.381. The van der Waals surface area contributed by atoms with Crippen LogP contribution in [0.5, 0.6) is 5.75 Å². The minimum absolute atomic E-state index is 0.160. The van der Waals surface area contributed by atoms with Crippen molar-refractivity contribution in [3.63, 3.8) is 0 Å². The van der Waals surface area contributed by atoms with E-state index in [1.807, 2.05) is 39.0 Å². The first-order valence-corrected chi connectivity index (χ1v) is 9.25. The Hall–Kier alpha value is -2.27. The molecule has 1 aliphatic rings. The zero-order chi connectivity index (χ0) is 19.6. The molecule has 0 fully saturated rings. The number of fused-ring (bicyclic) bond motifs is 1. The Labute approximate surface area is 163 Å². The molecule has 2 aromatic rings. The Morgan fingerprint density at radius 2 is 1.96 bits per heavy atom. The van der Waals surface area contributed by atoms with Crippen molar-refractivity contribution >= 4 is 17.7 Å². The number of amides is 1. The van der Waals surface area contributed by atoms with E-state index in [-0.39, 0.29) is 18.4 Å². The smallest absolute Gasteiger partial charge is 0.410 e. The summed E-state index contributed by atoms with van der Waals surface area (Å²) in [5.41, 5.74) is 2.66. The molecule has 0 aromatic heterocycles. The van der Waals surface area contributed by atoms with Crippen molar-refractivity contribution < 1.29 is 18.7 Å². The molecule has 4 nitrogen and oxygen atoms in total. The second-order valence-corrected chi connectivity index (χ2v) is 8.05. The maximum atomic E-state index is 13.8. The second kappa shape index (κ2) is 7.77. The van der Waals surface area contributed by atoms with E-state index in [0.29, 0.717) is 18.1 Å². The number of carbonyl (C=O) groups excluding carboxylic acids is 1. The highest BCUT2D eigenvalue weighted by Crippen LogP contribution is 2.25. The van der Waals surface area contributed by atoms with Crippen molar-refractivity contribution in [3.8, 4) is 5.75 Å². The zero-order valence-corrected chi connectivity index (χ0v) is 16.5. The minimum Gasteiger partial charge on any atom is -0.486 e. The molecule has 27 heavy (non-hydrogen) atoms. The third-order valence-corrected chi connectivity index (χ3v) is 4.46. The standard InChI is InChI=1S/C21H23ClFNO3/c1-21(2,3)27-20(25)24-9-8-15-5-4-14(10-16(15)12-24)13-26-19-7-6-17(22)11-18(19)23/h4-7,10-11H,8-9,12-13H2,1-3H3. The number of hydrogen-bond donors (Lipinski definition) is 0. The average molecular weight is 392 g/mol. The van der Waals surface area contributed by atoms with E-state index in [1.54, 1.807) is 11.0 Å². The van der Waals surface area contributed by atoms with Crippen molar-refractivity contribution in [2.45, 2.75) is 45.9 Å². The summed E-state index contributed by atoms with van der Waals surface area (Å²) >= 11 is 5.75. The van der Waals surface area contributed by atoms with Gasteiger partial charge < -0.3 is 14.4 Å². The highest BCUT2D eigenvalue weighted by atomic mass is 35.5. The van der Waals surface area contributed by atoms with Crippen molar-refractivity contribution in [1.29, 1.82) is 0 Å². The summed E-state index contributed by atoms with van der Waals surface area (Å²) in [7, 11) is 0. The van der Waals surface area contributed by atoms with Crippen LogP contribution in [-0.4, -0.2) is 23.1 Å². The van der Waals surface area contributed by atoms with Gasteiger partial charge >= 0.3 is 6.09 Å². The summed E-state index contributed by atoms with van der Waals surface area (Å²) in [4.78, 5) is 14.0. The van der Waals surface area contributed by atoms with Crippen LogP contribution in [0.1, 0.15) is 37.5 Å². The van der Waals surface area contributed by atoms with Gasteiger partial charge in [0, 0.05) is 18.1 Å². The van der Waals surface area contributed by atoms with Crippen molar-refractivity contribution in [1.82, 2.24) is 4.90 Å². The summed E-state index contributed by atoms with van der Waals surface area (Å²) in [6.07, 6.45) is 0.472. The van der Waals surface area contributed by atoms with E-state index in [2.05, 4.69) is 0 Å². The maximum Gasteiger partial charge on any atom is 0.410 e.